The van der Waals surface area contributed by atoms with Crippen LogP contribution in [0.2, 0.25) is 0 Å². The first kappa shape index (κ1) is 22.3. The van der Waals surface area contributed by atoms with Crippen LogP contribution in [-0.4, -0.2) is 64.9 Å². The third-order valence-corrected chi connectivity index (χ3v) is 6.51. The van der Waals surface area contributed by atoms with E-state index in [-0.39, 0.29) is 24.0 Å². The number of aryl methyl sites for hydroxylation is 1. The molecule has 0 radical (unpaired) electrons. The second-order valence-corrected chi connectivity index (χ2v) is 8.52. The van der Waals surface area contributed by atoms with Gasteiger partial charge in [0.05, 0.1) is 11.9 Å². The minimum Gasteiger partial charge on any atom is -0.357 e. The monoisotopic (exact) mass is 529 g/mol. The third-order valence-electron chi connectivity index (χ3n) is 5.56. The molecule has 7 nitrogen and oxygen atoms in total. The van der Waals surface area contributed by atoms with Gasteiger partial charge in [0, 0.05) is 70.2 Å². The van der Waals surface area contributed by atoms with Crippen molar-refractivity contribution in [1.82, 2.24) is 25.0 Å². The van der Waals surface area contributed by atoms with Gasteiger partial charge in [-0.3, -0.25) is 9.67 Å². The molecule has 4 rings (SSSR count). The maximum atomic E-state index is 4.89. The van der Waals surface area contributed by atoms with Crippen molar-refractivity contribution in [2.45, 2.75) is 38.5 Å². The summed E-state index contributed by atoms with van der Waals surface area (Å²) in [5.74, 6) is 1.57. The fourth-order valence-electron chi connectivity index (χ4n) is 4.04. The second-order valence-electron chi connectivity index (χ2n) is 7.68. The van der Waals surface area contributed by atoms with Crippen molar-refractivity contribution in [2.75, 3.05) is 44.2 Å². The standard InChI is InChI=1S/C20H31N7S.HI/c1-3-21-19(27-11-7-16(14-27)17-12-23-25(2)13-17)22-8-6-18-15-28-20(24-18)26-9-4-5-10-26;/h12-13,15-16H,3-11,14H2,1-2H3,(H,21,22);1H. The van der Waals surface area contributed by atoms with Crippen LogP contribution in [0, 0.1) is 0 Å². The molecule has 0 saturated carbocycles. The summed E-state index contributed by atoms with van der Waals surface area (Å²) in [6.07, 6.45) is 8.78. The van der Waals surface area contributed by atoms with E-state index < -0.39 is 0 Å². The molecule has 2 aromatic rings. The zero-order valence-corrected chi connectivity index (χ0v) is 20.5. The molecule has 2 aromatic heterocycles. The van der Waals surface area contributed by atoms with Crippen LogP contribution in [0.5, 0.6) is 0 Å². The van der Waals surface area contributed by atoms with Crippen LogP contribution >= 0.6 is 35.3 Å². The number of nitrogens with zero attached hydrogens (tertiary/aromatic N) is 6. The highest BCUT2D eigenvalue weighted by molar-refractivity contribution is 14.0. The Morgan fingerprint density at radius 1 is 1.31 bits per heavy atom. The molecule has 0 aliphatic carbocycles. The minimum atomic E-state index is 0. The lowest BCUT2D eigenvalue weighted by molar-refractivity contribution is 0.486. The highest BCUT2D eigenvalue weighted by atomic mass is 127. The molecule has 0 aromatic carbocycles. The van der Waals surface area contributed by atoms with Crippen molar-refractivity contribution in [3.63, 3.8) is 0 Å². The number of guanidine groups is 1. The van der Waals surface area contributed by atoms with Crippen LogP contribution in [0.15, 0.2) is 22.8 Å². The minimum absolute atomic E-state index is 0. The summed E-state index contributed by atoms with van der Waals surface area (Å²) in [6.45, 7) is 8.16. The quantitative estimate of drug-likeness (QED) is 0.354. The number of rotatable bonds is 6. The Kier molecular flexibility index (Phi) is 8.16. The van der Waals surface area contributed by atoms with Gasteiger partial charge in [-0.1, -0.05) is 0 Å². The smallest absolute Gasteiger partial charge is 0.193 e. The Balaban J connectivity index is 0.00000240. The van der Waals surface area contributed by atoms with E-state index in [2.05, 4.69) is 38.7 Å². The number of anilines is 1. The Bertz CT molecular complexity index is 796. The molecule has 0 bridgehead atoms. The molecule has 2 aliphatic rings. The van der Waals surface area contributed by atoms with Crippen molar-refractivity contribution < 1.29 is 0 Å². The molecule has 0 spiro atoms. The molecular formula is C20H32IN7S. The number of hydrogen-bond acceptors (Lipinski definition) is 5. The molecule has 2 fully saturated rings. The van der Waals surface area contributed by atoms with E-state index in [1.54, 1.807) is 11.3 Å². The lowest BCUT2D eigenvalue weighted by atomic mass is 10.0. The van der Waals surface area contributed by atoms with Crippen LogP contribution in [0.4, 0.5) is 5.13 Å². The molecule has 29 heavy (non-hydrogen) atoms. The summed E-state index contributed by atoms with van der Waals surface area (Å²) in [7, 11) is 1.98. The van der Waals surface area contributed by atoms with Crippen molar-refractivity contribution in [1.29, 1.82) is 0 Å². The molecule has 4 heterocycles. The summed E-state index contributed by atoms with van der Waals surface area (Å²) in [6, 6.07) is 0. The zero-order valence-electron chi connectivity index (χ0n) is 17.4. The summed E-state index contributed by atoms with van der Waals surface area (Å²) >= 11 is 1.77. The number of halogens is 1. The molecule has 2 saturated heterocycles. The summed E-state index contributed by atoms with van der Waals surface area (Å²) in [4.78, 5) is 14.5. The lowest BCUT2D eigenvalue weighted by Gasteiger charge is -2.21. The molecule has 9 heteroatoms. The van der Waals surface area contributed by atoms with Gasteiger partial charge < -0.3 is 15.1 Å². The number of aliphatic imine (C=N–C) groups is 1. The molecular weight excluding hydrogens is 497 g/mol. The fraction of sp³-hybridized carbons (Fsp3) is 0.650. The Morgan fingerprint density at radius 3 is 2.86 bits per heavy atom. The maximum Gasteiger partial charge on any atom is 0.193 e. The topological polar surface area (TPSA) is 61.6 Å². The van der Waals surface area contributed by atoms with E-state index in [9.17, 15) is 0 Å². The Hall–Kier alpha value is -1.36. The van der Waals surface area contributed by atoms with E-state index in [4.69, 9.17) is 9.98 Å². The van der Waals surface area contributed by atoms with Crippen molar-refractivity contribution in [3.05, 3.63) is 29.0 Å². The number of hydrogen-bond donors (Lipinski definition) is 1. The van der Waals surface area contributed by atoms with Crippen LogP contribution in [-0.2, 0) is 13.5 Å². The third kappa shape index (κ3) is 5.62. The first-order valence-corrected chi connectivity index (χ1v) is 11.3. The van der Waals surface area contributed by atoms with Gasteiger partial charge >= 0.3 is 0 Å². The highest BCUT2D eigenvalue weighted by Crippen LogP contribution is 2.27. The zero-order chi connectivity index (χ0) is 19.3. The van der Waals surface area contributed by atoms with Crippen LogP contribution in [0.3, 0.4) is 0 Å². The van der Waals surface area contributed by atoms with Gasteiger partial charge in [0.15, 0.2) is 11.1 Å². The van der Waals surface area contributed by atoms with Gasteiger partial charge in [0.1, 0.15) is 0 Å². The van der Waals surface area contributed by atoms with E-state index in [1.165, 1.54) is 29.2 Å². The number of nitrogens with one attached hydrogen (secondary N) is 1. The average Bonchev–Trinajstić information content (AvgIpc) is 3.46. The van der Waals surface area contributed by atoms with Gasteiger partial charge in [-0.2, -0.15) is 5.10 Å². The molecule has 2 aliphatic heterocycles. The van der Waals surface area contributed by atoms with E-state index in [0.29, 0.717) is 5.92 Å². The highest BCUT2D eigenvalue weighted by Gasteiger charge is 2.26. The van der Waals surface area contributed by atoms with E-state index >= 15 is 0 Å². The predicted octanol–water partition coefficient (Wildman–Crippen LogP) is 3.09. The van der Waals surface area contributed by atoms with Crippen LogP contribution in [0.25, 0.3) is 0 Å². The lowest BCUT2D eigenvalue weighted by Crippen LogP contribution is -2.40. The van der Waals surface area contributed by atoms with Gasteiger partial charge in [0.2, 0.25) is 0 Å². The van der Waals surface area contributed by atoms with E-state index in [0.717, 1.165) is 58.1 Å². The van der Waals surface area contributed by atoms with Crippen molar-refractivity contribution >= 4 is 46.4 Å². The molecule has 1 atom stereocenters. The predicted molar refractivity (Wildman–Crippen MR) is 131 cm³/mol. The molecule has 1 N–H and O–H groups in total. The van der Waals surface area contributed by atoms with Gasteiger partial charge in [-0.25, -0.2) is 4.98 Å². The molecule has 0 amide bonds. The van der Waals surface area contributed by atoms with E-state index in [1.807, 2.05) is 17.9 Å². The molecule has 1 unspecified atom stereocenters. The van der Waals surface area contributed by atoms with Gasteiger partial charge in [0.25, 0.3) is 0 Å². The summed E-state index contributed by atoms with van der Waals surface area (Å²) < 4.78 is 1.89. The Morgan fingerprint density at radius 2 is 2.14 bits per heavy atom. The number of likely N-dealkylation sites (tertiary alicyclic amines) is 1. The largest absolute Gasteiger partial charge is 0.357 e. The van der Waals surface area contributed by atoms with Crippen LogP contribution in [0.1, 0.15) is 43.4 Å². The number of thiazole rings is 1. The van der Waals surface area contributed by atoms with Gasteiger partial charge in [-0.15, -0.1) is 35.3 Å². The number of aromatic nitrogens is 3. The van der Waals surface area contributed by atoms with Crippen molar-refractivity contribution in [3.8, 4) is 0 Å². The maximum absolute atomic E-state index is 4.89. The summed E-state index contributed by atoms with van der Waals surface area (Å²) in [5, 5.41) is 11.2. The first-order valence-electron chi connectivity index (χ1n) is 10.4. The second kappa shape index (κ2) is 10.6. The van der Waals surface area contributed by atoms with Crippen molar-refractivity contribution in [2.24, 2.45) is 12.0 Å². The Labute approximate surface area is 194 Å². The SMILES string of the molecule is CCNC(=NCCc1csc(N2CCCC2)n1)N1CCC(c2cnn(C)c2)C1.I. The summed E-state index contributed by atoms with van der Waals surface area (Å²) in [5.41, 5.74) is 2.50. The van der Waals surface area contributed by atoms with Gasteiger partial charge in [-0.05, 0) is 31.7 Å². The molecule has 160 valence electrons. The first-order chi connectivity index (χ1) is 13.7. The average molecular weight is 529 g/mol. The van der Waals surface area contributed by atoms with Crippen LogP contribution < -0.4 is 10.2 Å². The normalized spacial score (nSPS) is 19.7. The fourth-order valence-corrected chi connectivity index (χ4v) is 4.96.